The summed E-state index contributed by atoms with van der Waals surface area (Å²) in [5.41, 5.74) is 0. The van der Waals surface area contributed by atoms with Gasteiger partial charge in [-0.05, 0) is 19.8 Å². The minimum absolute atomic E-state index is 0.0193. The maximum atomic E-state index is 11.6. The molecule has 5 heteroatoms. The normalized spacial score (nSPS) is 24.8. The third kappa shape index (κ3) is 3.40. The van der Waals surface area contributed by atoms with Crippen molar-refractivity contribution in [1.82, 2.24) is 10.0 Å². The van der Waals surface area contributed by atoms with Gasteiger partial charge in [0.1, 0.15) is 0 Å². The fourth-order valence-electron chi connectivity index (χ4n) is 2.48. The molecule has 98 valence electrons. The molecular formula is C12H22N2O3. The van der Waals surface area contributed by atoms with Crippen LogP contribution in [0.4, 0.5) is 0 Å². The Kier molecular flexibility index (Phi) is 4.76. The van der Waals surface area contributed by atoms with Crippen LogP contribution in [0.5, 0.6) is 0 Å². The number of carbonyl (C=O) groups is 1. The summed E-state index contributed by atoms with van der Waals surface area (Å²) < 4.78 is 10.4. The first-order valence-electron chi connectivity index (χ1n) is 6.55. The number of esters is 1. The van der Waals surface area contributed by atoms with E-state index in [9.17, 15) is 4.79 Å². The number of piperidine rings is 1. The van der Waals surface area contributed by atoms with E-state index in [0.29, 0.717) is 6.61 Å². The minimum Gasteiger partial charge on any atom is -0.466 e. The molecule has 0 unspecified atom stereocenters. The first-order chi connectivity index (χ1) is 8.31. The molecule has 2 rings (SSSR count). The Morgan fingerprint density at radius 2 is 1.76 bits per heavy atom. The lowest BCUT2D eigenvalue weighted by Crippen LogP contribution is -2.52. The lowest BCUT2D eigenvalue weighted by molar-refractivity contribution is -0.153. The van der Waals surface area contributed by atoms with E-state index in [1.54, 1.807) is 0 Å². The van der Waals surface area contributed by atoms with Crippen LogP contribution in [-0.2, 0) is 14.3 Å². The predicted molar refractivity (Wildman–Crippen MR) is 63.3 cm³/mol. The summed E-state index contributed by atoms with van der Waals surface area (Å²) in [6, 6.07) is 0. The van der Waals surface area contributed by atoms with Crippen LogP contribution < -0.4 is 0 Å². The Balaban J connectivity index is 1.75. The molecule has 2 fully saturated rings. The van der Waals surface area contributed by atoms with E-state index in [0.717, 1.165) is 52.2 Å². The van der Waals surface area contributed by atoms with Crippen molar-refractivity contribution in [2.75, 3.05) is 46.0 Å². The summed E-state index contributed by atoms with van der Waals surface area (Å²) in [7, 11) is 0. The molecule has 0 aromatic carbocycles. The van der Waals surface area contributed by atoms with Crippen LogP contribution >= 0.6 is 0 Å². The zero-order valence-corrected chi connectivity index (χ0v) is 10.6. The molecule has 0 aromatic rings. The second-order valence-electron chi connectivity index (χ2n) is 4.55. The van der Waals surface area contributed by atoms with E-state index in [4.69, 9.17) is 9.47 Å². The molecule has 0 aromatic heterocycles. The number of morpholine rings is 1. The van der Waals surface area contributed by atoms with E-state index in [1.807, 2.05) is 6.92 Å². The smallest absolute Gasteiger partial charge is 0.309 e. The maximum Gasteiger partial charge on any atom is 0.309 e. The van der Waals surface area contributed by atoms with E-state index < -0.39 is 0 Å². The predicted octanol–water partition coefficient (Wildman–Crippen LogP) is 0.509. The van der Waals surface area contributed by atoms with Gasteiger partial charge in [0.15, 0.2) is 0 Å². The van der Waals surface area contributed by atoms with Gasteiger partial charge in [-0.3, -0.25) is 4.79 Å². The van der Waals surface area contributed by atoms with Gasteiger partial charge in [0.2, 0.25) is 0 Å². The first-order valence-corrected chi connectivity index (χ1v) is 6.55. The van der Waals surface area contributed by atoms with Gasteiger partial charge in [-0.25, -0.2) is 10.0 Å². The van der Waals surface area contributed by atoms with Gasteiger partial charge in [0.05, 0.1) is 25.7 Å². The van der Waals surface area contributed by atoms with E-state index >= 15 is 0 Å². The monoisotopic (exact) mass is 242 g/mol. The van der Waals surface area contributed by atoms with Gasteiger partial charge in [0.25, 0.3) is 0 Å². The van der Waals surface area contributed by atoms with Gasteiger partial charge in [-0.2, -0.15) is 0 Å². The van der Waals surface area contributed by atoms with Crippen LogP contribution in [0.25, 0.3) is 0 Å². The molecule has 0 bridgehead atoms. The van der Waals surface area contributed by atoms with Crippen molar-refractivity contribution in [2.45, 2.75) is 19.8 Å². The van der Waals surface area contributed by atoms with E-state index in [1.165, 1.54) is 0 Å². The Bertz CT molecular complexity index is 246. The second kappa shape index (κ2) is 6.33. The molecular weight excluding hydrogens is 220 g/mol. The van der Waals surface area contributed by atoms with Crippen LogP contribution in [0.1, 0.15) is 19.8 Å². The SMILES string of the molecule is CCOC(=O)C1CCN(N2CCOCC2)CC1. The lowest BCUT2D eigenvalue weighted by Gasteiger charge is -2.40. The number of rotatable bonds is 3. The third-order valence-corrected chi connectivity index (χ3v) is 3.48. The number of nitrogens with zero attached hydrogens (tertiary/aromatic N) is 2. The fraction of sp³-hybridized carbons (Fsp3) is 0.917. The Morgan fingerprint density at radius 3 is 2.35 bits per heavy atom. The minimum atomic E-state index is -0.0193. The molecule has 0 saturated carbocycles. The number of carbonyl (C=O) groups excluding carboxylic acids is 1. The van der Waals surface area contributed by atoms with Crippen molar-refractivity contribution < 1.29 is 14.3 Å². The van der Waals surface area contributed by atoms with Crippen LogP contribution in [0, 0.1) is 5.92 Å². The molecule has 2 aliphatic heterocycles. The molecule has 2 aliphatic rings. The van der Waals surface area contributed by atoms with Crippen LogP contribution in [0.15, 0.2) is 0 Å². The van der Waals surface area contributed by atoms with Gasteiger partial charge >= 0.3 is 5.97 Å². The topological polar surface area (TPSA) is 42.0 Å². The lowest BCUT2D eigenvalue weighted by atomic mass is 9.98. The maximum absolute atomic E-state index is 11.6. The highest BCUT2D eigenvalue weighted by molar-refractivity contribution is 5.72. The molecule has 0 atom stereocenters. The highest BCUT2D eigenvalue weighted by Gasteiger charge is 2.29. The Hall–Kier alpha value is -0.650. The summed E-state index contributed by atoms with van der Waals surface area (Å²) in [4.78, 5) is 11.6. The number of ether oxygens (including phenoxy) is 2. The van der Waals surface area contributed by atoms with Crippen LogP contribution in [-0.4, -0.2) is 62.0 Å². The second-order valence-corrected chi connectivity index (χ2v) is 4.55. The fourth-order valence-corrected chi connectivity index (χ4v) is 2.48. The standard InChI is InChI=1S/C12H22N2O3/c1-2-17-12(15)11-3-5-13(6-4-11)14-7-9-16-10-8-14/h11H,2-10H2,1H3. The zero-order valence-electron chi connectivity index (χ0n) is 10.6. The Labute approximate surface area is 103 Å². The van der Waals surface area contributed by atoms with Crippen molar-refractivity contribution >= 4 is 5.97 Å². The van der Waals surface area contributed by atoms with Gasteiger partial charge in [-0.1, -0.05) is 0 Å². The summed E-state index contributed by atoms with van der Waals surface area (Å²) >= 11 is 0. The van der Waals surface area contributed by atoms with Crippen molar-refractivity contribution in [1.29, 1.82) is 0 Å². The summed E-state index contributed by atoms with van der Waals surface area (Å²) in [5.74, 6) is 0.0846. The van der Waals surface area contributed by atoms with Crippen LogP contribution in [0.2, 0.25) is 0 Å². The molecule has 0 amide bonds. The van der Waals surface area contributed by atoms with Gasteiger partial charge in [0, 0.05) is 26.2 Å². The molecule has 2 heterocycles. The van der Waals surface area contributed by atoms with Crippen molar-refractivity contribution in [3.8, 4) is 0 Å². The molecule has 0 radical (unpaired) electrons. The molecule has 0 aliphatic carbocycles. The summed E-state index contributed by atoms with van der Waals surface area (Å²) in [6.07, 6.45) is 1.83. The summed E-state index contributed by atoms with van der Waals surface area (Å²) in [6.45, 7) is 7.86. The number of hydrogen-bond donors (Lipinski definition) is 0. The molecule has 5 nitrogen and oxygen atoms in total. The quantitative estimate of drug-likeness (QED) is 0.675. The third-order valence-electron chi connectivity index (χ3n) is 3.48. The van der Waals surface area contributed by atoms with Gasteiger partial charge in [-0.15, -0.1) is 0 Å². The highest BCUT2D eigenvalue weighted by Crippen LogP contribution is 2.20. The van der Waals surface area contributed by atoms with Crippen molar-refractivity contribution in [2.24, 2.45) is 5.92 Å². The van der Waals surface area contributed by atoms with E-state index in [-0.39, 0.29) is 11.9 Å². The molecule has 2 saturated heterocycles. The van der Waals surface area contributed by atoms with Gasteiger partial charge < -0.3 is 9.47 Å². The highest BCUT2D eigenvalue weighted by atomic mass is 16.5. The molecule has 0 N–H and O–H groups in total. The van der Waals surface area contributed by atoms with Crippen molar-refractivity contribution in [3.63, 3.8) is 0 Å². The van der Waals surface area contributed by atoms with E-state index in [2.05, 4.69) is 10.0 Å². The van der Waals surface area contributed by atoms with Crippen molar-refractivity contribution in [3.05, 3.63) is 0 Å². The largest absolute Gasteiger partial charge is 0.466 e. The average Bonchev–Trinajstić information content (AvgIpc) is 2.40. The average molecular weight is 242 g/mol. The first kappa shape index (κ1) is 12.8. The zero-order chi connectivity index (χ0) is 12.1. The number of hydrogen-bond acceptors (Lipinski definition) is 5. The molecule has 0 spiro atoms. The Morgan fingerprint density at radius 1 is 1.18 bits per heavy atom. The summed E-state index contributed by atoms with van der Waals surface area (Å²) in [5, 5.41) is 4.71. The van der Waals surface area contributed by atoms with Crippen LogP contribution in [0.3, 0.4) is 0 Å². The number of hydrazine groups is 1. The molecule has 17 heavy (non-hydrogen) atoms.